The van der Waals surface area contributed by atoms with E-state index in [2.05, 4.69) is 4.74 Å². The second-order valence-electron chi connectivity index (χ2n) is 5.16. The number of methoxy groups -OCH3 is 2. The molecule has 2 rings (SSSR count). The van der Waals surface area contributed by atoms with Crippen LogP contribution in [-0.2, 0) is 26.0 Å². The first kappa shape index (κ1) is 19.4. The number of hydrogen-bond acceptors (Lipinski definition) is 6. The van der Waals surface area contributed by atoms with E-state index in [4.69, 9.17) is 4.74 Å². The van der Waals surface area contributed by atoms with E-state index in [-0.39, 0.29) is 28.2 Å². The number of rotatable bonds is 6. The monoisotopic (exact) mass is 381 g/mol. The zero-order chi connectivity index (χ0) is 19.3. The minimum absolute atomic E-state index is 0.00813. The fraction of sp³-hybridized carbons (Fsp3) is 0.176. The minimum atomic E-state index is -4.31. The molecule has 138 valence electrons. The number of carbonyl (C=O) groups excluding carboxylic acids is 2. The summed E-state index contributed by atoms with van der Waals surface area (Å²) in [7, 11) is -1.89. The lowest BCUT2D eigenvalue weighted by molar-refractivity contribution is -0.118. The predicted octanol–water partition coefficient (Wildman–Crippen LogP) is 1.67. The molecule has 7 nitrogen and oxygen atoms in total. The zero-order valence-corrected chi connectivity index (χ0v) is 14.8. The first-order valence-corrected chi connectivity index (χ1v) is 8.82. The summed E-state index contributed by atoms with van der Waals surface area (Å²) in [6.07, 6.45) is -0.374. The normalized spacial score (nSPS) is 10.9. The maximum Gasteiger partial charge on any atom is 0.339 e. The molecule has 0 atom stereocenters. The Balaban J connectivity index is 2.21. The van der Waals surface area contributed by atoms with Crippen molar-refractivity contribution in [3.05, 3.63) is 59.4 Å². The van der Waals surface area contributed by atoms with E-state index in [1.165, 1.54) is 43.5 Å². The van der Waals surface area contributed by atoms with E-state index in [0.717, 1.165) is 13.2 Å². The highest BCUT2D eigenvalue weighted by Gasteiger charge is 2.24. The molecule has 2 aromatic rings. The molecule has 0 saturated carbocycles. The van der Waals surface area contributed by atoms with Gasteiger partial charge in [-0.2, -0.15) is 0 Å². The lowest BCUT2D eigenvalue weighted by Crippen LogP contribution is -2.32. The Hall–Kier alpha value is -2.94. The number of nitrogens with one attached hydrogen (secondary N) is 1. The van der Waals surface area contributed by atoms with E-state index >= 15 is 0 Å². The van der Waals surface area contributed by atoms with Crippen LogP contribution in [0.2, 0.25) is 0 Å². The standard InChI is InChI=1S/C17H16FNO6S/c1-24-14-8-7-11(9-13(14)18)10-16(20)19-26(22,23)15-6-4-3-5-12(15)17(21)25-2/h3-9H,10H2,1-2H3,(H,19,20). The van der Waals surface area contributed by atoms with Crippen molar-refractivity contribution >= 4 is 21.9 Å². The number of hydrogen-bond donors (Lipinski definition) is 1. The van der Waals surface area contributed by atoms with Crippen molar-refractivity contribution in [1.82, 2.24) is 4.72 Å². The van der Waals surface area contributed by atoms with Gasteiger partial charge in [-0.05, 0) is 29.8 Å². The molecule has 26 heavy (non-hydrogen) atoms. The highest BCUT2D eigenvalue weighted by Crippen LogP contribution is 2.19. The lowest BCUT2D eigenvalue weighted by atomic mass is 10.1. The van der Waals surface area contributed by atoms with Gasteiger partial charge in [0.05, 0.1) is 26.2 Å². The summed E-state index contributed by atoms with van der Waals surface area (Å²) in [5.41, 5.74) is 0.0584. The van der Waals surface area contributed by atoms with Gasteiger partial charge in [0.15, 0.2) is 11.6 Å². The van der Waals surface area contributed by atoms with E-state index in [0.29, 0.717) is 0 Å². The van der Waals surface area contributed by atoms with Crippen molar-refractivity contribution in [3.63, 3.8) is 0 Å². The molecule has 1 N–H and O–H groups in total. The Kier molecular flexibility index (Phi) is 5.93. The molecule has 0 aromatic heterocycles. The fourth-order valence-corrected chi connectivity index (χ4v) is 3.41. The van der Waals surface area contributed by atoms with Gasteiger partial charge in [-0.1, -0.05) is 18.2 Å². The van der Waals surface area contributed by atoms with Crippen molar-refractivity contribution in [1.29, 1.82) is 0 Å². The number of ether oxygens (including phenoxy) is 2. The van der Waals surface area contributed by atoms with Crippen LogP contribution in [-0.4, -0.2) is 34.5 Å². The average molecular weight is 381 g/mol. The molecule has 0 heterocycles. The van der Waals surface area contributed by atoms with Gasteiger partial charge >= 0.3 is 5.97 Å². The van der Waals surface area contributed by atoms with E-state index in [9.17, 15) is 22.4 Å². The van der Waals surface area contributed by atoms with E-state index in [1.54, 1.807) is 0 Å². The summed E-state index contributed by atoms with van der Waals surface area (Å²) >= 11 is 0. The van der Waals surface area contributed by atoms with Gasteiger partial charge in [-0.3, -0.25) is 4.79 Å². The van der Waals surface area contributed by atoms with Crippen LogP contribution in [0, 0.1) is 5.82 Å². The van der Waals surface area contributed by atoms with Crippen LogP contribution in [0.3, 0.4) is 0 Å². The average Bonchev–Trinajstić information content (AvgIpc) is 2.60. The summed E-state index contributed by atoms with van der Waals surface area (Å²) in [6, 6.07) is 9.17. The molecule has 9 heteroatoms. The largest absolute Gasteiger partial charge is 0.494 e. The second kappa shape index (κ2) is 7.96. The fourth-order valence-electron chi connectivity index (χ4n) is 2.23. The number of esters is 1. The molecule has 0 bridgehead atoms. The summed E-state index contributed by atoms with van der Waals surface area (Å²) in [4.78, 5) is 23.4. The smallest absolute Gasteiger partial charge is 0.339 e. The number of amides is 1. The molecular weight excluding hydrogens is 365 g/mol. The molecule has 0 unspecified atom stereocenters. The van der Waals surface area contributed by atoms with Gasteiger partial charge in [-0.25, -0.2) is 22.3 Å². The highest BCUT2D eigenvalue weighted by molar-refractivity contribution is 7.90. The SMILES string of the molecule is COC(=O)c1ccccc1S(=O)(=O)NC(=O)Cc1ccc(OC)c(F)c1. The third-order valence-electron chi connectivity index (χ3n) is 3.41. The Morgan fingerprint density at radius 3 is 2.42 bits per heavy atom. The summed E-state index contributed by atoms with van der Waals surface area (Å²) in [5, 5.41) is 0. The summed E-state index contributed by atoms with van der Waals surface area (Å²) in [6.45, 7) is 0. The predicted molar refractivity (Wildman–Crippen MR) is 89.8 cm³/mol. The zero-order valence-electron chi connectivity index (χ0n) is 14.0. The van der Waals surface area contributed by atoms with Crippen LogP contribution in [0.4, 0.5) is 4.39 Å². The van der Waals surface area contributed by atoms with Crippen LogP contribution in [0.5, 0.6) is 5.75 Å². The van der Waals surface area contributed by atoms with Crippen molar-refractivity contribution in [3.8, 4) is 5.75 Å². The maximum absolute atomic E-state index is 13.7. The minimum Gasteiger partial charge on any atom is -0.494 e. The number of sulfonamides is 1. The molecule has 2 aromatic carbocycles. The van der Waals surface area contributed by atoms with Gasteiger partial charge in [0.25, 0.3) is 10.0 Å². The Morgan fingerprint density at radius 2 is 1.81 bits per heavy atom. The van der Waals surface area contributed by atoms with Crippen molar-refractivity contribution in [2.75, 3.05) is 14.2 Å². The molecule has 0 aliphatic heterocycles. The van der Waals surface area contributed by atoms with Gasteiger partial charge in [-0.15, -0.1) is 0 Å². The number of halogens is 1. The highest BCUT2D eigenvalue weighted by atomic mass is 32.2. The molecule has 0 spiro atoms. The van der Waals surface area contributed by atoms with Crippen molar-refractivity contribution in [2.45, 2.75) is 11.3 Å². The number of carbonyl (C=O) groups is 2. The first-order valence-electron chi connectivity index (χ1n) is 7.34. The molecule has 0 aliphatic rings. The maximum atomic E-state index is 13.7. The van der Waals surface area contributed by atoms with Crippen molar-refractivity contribution < 1.29 is 31.9 Å². The molecule has 0 aliphatic carbocycles. The number of benzene rings is 2. The molecule has 1 amide bonds. The van der Waals surface area contributed by atoms with Gasteiger partial charge in [0.2, 0.25) is 5.91 Å². The molecule has 0 radical (unpaired) electrons. The molecular formula is C17H16FNO6S. The summed E-state index contributed by atoms with van der Waals surface area (Å²) < 4.78 is 49.6. The third kappa shape index (κ3) is 4.37. The van der Waals surface area contributed by atoms with E-state index < -0.39 is 27.7 Å². The van der Waals surface area contributed by atoms with Crippen LogP contribution in [0.1, 0.15) is 15.9 Å². The van der Waals surface area contributed by atoms with Crippen LogP contribution >= 0.6 is 0 Å². The molecule has 0 fully saturated rings. The topological polar surface area (TPSA) is 98.8 Å². The van der Waals surface area contributed by atoms with Crippen LogP contribution in [0.25, 0.3) is 0 Å². The summed E-state index contributed by atoms with van der Waals surface area (Å²) in [5.74, 6) is -2.39. The van der Waals surface area contributed by atoms with E-state index in [1.807, 2.05) is 4.72 Å². The van der Waals surface area contributed by atoms with Gasteiger partial charge in [0, 0.05) is 0 Å². The Labute approximate surface area is 149 Å². The first-order chi connectivity index (χ1) is 12.3. The molecule has 0 saturated heterocycles. The Morgan fingerprint density at radius 1 is 1.12 bits per heavy atom. The van der Waals surface area contributed by atoms with Crippen LogP contribution in [0.15, 0.2) is 47.4 Å². The quantitative estimate of drug-likeness (QED) is 0.765. The lowest BCUT2D eigenvalue weighted by Gasteiger charge is -2.10. The third-order valence-corrected chi connectivity index (χ3v) is 4.84. The second-order valence-corrected chi connectivity index (χ2v) is 6.81. The Bertz CT molecular complexity index is 942. The van der Waals surface area contributed by atoms with Gasteiger partial charge < -0.3 is 9.47 Å². The van der Waals surface area contributed by atoms with Gasteiger partial charge in [0.1, 0.15) is 4.90 Å². The van der Waals surface area contributed by atoms with Crippen LogP contribution < -0.4 is 9.46 Å². The van der Waals surface area contributed by atoms with Crippen molar-refractivity contribution in [2.24, 2.45) is 0 Å².